The van der Waals surface area contributed by atoms with Crippen LogP contribution in [0.1, 0.15) is 16.8 Å². The molecule has 60 heavy (non-hydrogen) atoms. The van der Waals surface area contributed by atoms with Gasteiger partial charge in [-0.2, -0.15) is 0 Å². The van der Waals surface area contributed by atoms with Crippen LogP contribution in [0.4, 0.5) is 4.39 Å². The number of piperazine rings is 1. The third-order valence-electron chi connectivity index (χ3n) is 10.4. The van der Waals surface area contributed by atoms with Crippen LogP contribution in [0, 0.1) is 12.7 Å². The zero-order valence-corrected chi connectivity index (χ0v) is 34.5. The second kappa shape index (κ2) is 18.5. The quantitative estimate of drug-likeness (QED) is 0.106. The Kier molecular flexibility index (Phi) is 12.5. The number of fused-ring (bicyclic) bond motifs is 1. The summed E-state index contributed by atoms with van der Waals surface area (Å²) < 4.78 is 33.0. The number of carboxylic acids is 1. The summed E-state index contributed by atoms with van der Waals surface area (Å²) in [4.78, 5) is 41.2. The van der Waals surface area contributed by atoms with Gasteiger partial charge in [0.25, 0.3) is 0 Å². The molecule has 1 atom stereocenters. The molecule has 1 aliphatic heterocycles. The van der Waals surface area contributed by atoms with Gasteiger partial charge < -0.3 is 24.2 Å². The van der Waals surface area contributed by atoms with Crippen LogP contribution < -0.4 is 14.2 Å². The Labute approximate surface area is 355 Å². The molecule has 1 saturated heterocycles. The van der Waals surface area contributed by atoms with E-state index in [1.165, 1.54) is 29.8 Å². The van der Waals surface area contributed by atoms with Crippen LogP contribution in [0.15, 0.2) is 104 Å². The Morgan fingerprint density at radius 2 is 1.73 bits per heavy atom. The first-order valence-corrected chi connectivity index (χ1v) is 20.6. The van der Waals surface area contributed by atoms with Gasteiger partial charge in [-0.05, 0) is 78.7 Å². The molecular weight excluding hydrogens is 805 g/mol. The van der Waals surface area contributed by atoms with Gasteiger partial charge >= 0.3 is 5.97 Å². The largest absolute Gasteiger partial charge is 0.491 e. The third-order valence-corrected chi connectivity index (χ3v) is 12.0. The van der Waals surface area contributed by atoms with Crippen molar-refractivity contribution in [3.63, 3.8) is 0 Å². The lowest BCUT2D eigenvalue weighted by Gasteiger charge is -2.32. The third kappa shape index (κ3) is 9.21. The van der Waals surface area contributed by atoms with E-state index in [2.05, 4.69) is 41.8 Å². The van der Waals surface area contributed by atoms with E-state index < -0.39 is 12.1 Å². The van der Waals surface area contributed by atoms with Crippen molar-refractivity contribution in [2.75, 3.05) is 46.4 Å². The van der Waals surface area contributed by atoms with Gasteiger partial charge in [0.1, 0.15) is 41.7 Å². The predicted molar refractivity (Wildman–Crippen MR) is 229 cm³/mol. The van der Waals surface area contributed by atoms with E-state index in [4.69, 9.17) is 25.8 Å². The number of hydrogen-bond acceptors (Lipinski definition) is 12. The summed E-state index contributed by atoms with van der Waals surface area (Å²) in [6.07, 6.45) is 4.96. The maximum Gasteiger partial charge on any atom is 0.345 e. The van der Waals surface area contributed by atoms with Crippen molar-refractivity contribution in [3.8, 4) is 50.3 Å². The molecule has 0 amide bonds. The average molecular weight is 846 g/mol. The minimum atomic E-state index is -1.37. The van der Waals surface area contributed by atoms with Crippen molar-refractivity contribution < 1.29 is 28.5 Å². The van der Waals surface area contributed by atoms with Gasteiger partial charge in [-0.25, -0.2) is 29.1 Å². The average Bonchev–Trinajstić information content (AvgIpc) is 3.66. The van der Waals surface area contributed by atoms with Crippen molar-refractivity contribution >= 4 is 39.1 Å². The highest BCUT2D eigenvalue weighted by Crippen LogP contribution is 2.49. The molecular formula is C45H41ClFN7O5S. The first-order chi connectivity index (χ1) is 29.2. The maximum atomic E-state index is 14.2. The number of ether oxygens (including phenoxy) is 3. The SMILES string of the molecule is Cc1c(-c2c(-c3ccc(F)cc3)sc3ncnc(O[C@H](Cc4ccccc4OCc4ccnc(-c5cccnc5)n4)C(=O)O)c23)ccc(OCCN2CCN(C)CC2)c1Cl. The molecule has 306 valence electrons. The predicted octanol–water partition coefficient (Wildman–Crippen LogP) is 8.26. The van der Waals surface area contributed by atoms with E-state index in [9.17, 15) is 14.3 Å². The number of aromatic nitrogens is 5. The molecule has 15 heteroatoms. The summed E-state index contributed by atoms with van der Waals surface area (Å²) in [6, 6.07) is 22.6. The molecule has 4 aromatic heterocycles. The van der Waals surface area contributed by atoms with Gasteiger partial charge in [0.05, 0.1) is 16.1 Å². The maximum absolute atomic E-state index is 14.2. The van der Waals surface area contributed by atoms with Gasteiger partial charge in [-0.1, -0.05) is 48.0 Å². The van der Waals surface area contributed by atoms with Crippen LogP contribution in [-0.2, 0) is 17.8 Å². The molecule has 0 radical (unpaired) electrons. The molecule has 12 nitrogen and oxygen atoms in total. The summed E-state index contributed by atoms with van der Waals surface area (Å²) in [5, 5.41) is 11.5. The smallest absolute Gasteiger partial charge is 0.345 e. The molecule has 0 aliphatic carbocycles. The number of benzene rings is 3. The number of hydrogen-bond donors (Lipinski definition) is 1. The van der Waals surface area contributed by atoms with Crippen LogP contribution in [0.25, 0.3) is 43.2 Å². The highest BCUT2D eigenvalue weighted by molar-refractivity contribution is 7.22. The fraction of sp³-hybridized carbons (Fsp3) is 0.244. The Balaban J connectivity index is 1.09. The van der Waals surface area contributed by atoms with E-state index in [0.29, 0.717) is 56.0 Å². The Hall–Kier alpha value is -6.06. The minimum Gasteiger partial charge on any atom is -0.491 e. The summed E-state index contributed by atoms with van der Waals surface area (Å²) in [7, 11) is 2.13. The summed E-state index contributed by atoms with van der Waals surface area (Å²) in [5.41, 5.74) is 4.93. The number of nitrogens with zero attached hydrogens (tertiary/aromatic N) is 7. The lowest BCUT2D eigenvalue weighted by molar-refractivity contribution is -0.145. The highest BCUT2D eigenvalue weighted by Gasteiger charge is 2.28. The van der Waals surface area contributed by atoms with Crippen LogP contribution in [-0.4, -0.2) is 98.3 Å². The van der Waals surface area contributed by atoms with Crippen molar-refractivity contribution in [3.05, 3.63) is 131 Å². The normalized spacial score (nSPS) is 13.9. The standard InChI is InChI=1S/C45H41ClFN7O5S/c1-28-34(13-14-36(40(28)46)57-23-22-54-20-18-53(2)19-21-54)38-39-43(50-27-51-44(39)60-41(38)29-9-11-32(47)12-10-29)59-37(45(55)56)24-30-6-3-4-8-35(30)58-26-33-15-17-49-42(52-33)31-7-5-16-48-25-31/h3-17,25,27,37H,18-24,26H2,1-2H3,(H,55,56)/t37-/m1/s1. The van der Waals surface area contributed by atoms with E-state index in [1.807, 2.05) is 43.3 Å². The Bertz CT molecular complexity index is 2610. The van der Waals surface area contributed by atoms with Crippen molar-refractivity contribution in [2.24, 2.45) is 0 Å². The van der Waals surface area contributed by atoms with E-state index in [-0.39, 0.29) is 24.7 Å². The monoisotopic (exact) mass is 845 g/mol. The number of halogens is 2. The van der Waals surface area contributed by atoms with Gasteiger partial charge in [0.2, 0.25) is 12.0 Å². The first-order valence-electron chi connectivity index (χ1n) is 19.4. The van der Waals surface area contributed by atoms with Crippen molar-refractivity contribution in [2.45, 2.75) is 26.1 Å². The number of thiophene rings is 1. The lowest BCUT2D eigenvalue weighted by atomic mass is 9.96. The number of aliphatic carboxylic acids is 1. The number of likely N-dealkylation sites (N-methyl/N-ethyl adjacent to an activating group) is 1. The van der Waals surface area contributed by atoms with Crippen molar-refractivity contribution in [1.29, 1.82) is 0 Å². The summed E-state index contributed by atoms with van der Waals surface area (Å²) in [6.45, 7) is 7.29. The lowest BCUT2D eigenvalue weighted by Crippen LogP contribution is -2.45. The summed E-state index contributed by atoms with van der Waals surface area (Å²) >= 11 is 8.41. The van der Waals surface area contributed by atoms with E-state index in [1.54, 1.807) is 48.9 Å². The molecule has 5 heterocycles. The van der Waals surface area contributed by atoms with E-state index >= 15 is 0 Å². The number of rotatable bonds is 15. The summed E-state index contributed by atoms with van der Waals surface area (Å²) in [5.74, 6) is 0.0684. The molecule has 0 bridgehead atoms. The molecule has 0 unspecified atom stereocenters. The topological polar surface area (TPSA) is 136 Å². The fourth-order valence-corrected chi connectivity index (χ4v) is 8.42. The highest BCUT2D eigenvalue weighted by atomic mass is 35.5. The fourth-order valence-electron chi connectivity index (χ4n) is 7.05. The molecule has 8 rings (SSSR count). The molecule has 1 N–H and O–H groups in total. The minimum absolute atomic E-state index is 0.0446. The number of pyridine rings is 1. The van der Waals surface area contributed by atoms with Gasteiger partial charge in [-0.3, -0.25) is 9.88 Å². The molecule has 7 aromatic rings. The molecule has 1 fully saturated rings. The number of para-hydroxylation sites is 1. The van der Waals surface area contributed by atoms with Gasteiger partial charge in [-0.15, -0.1) is 11.3 Å². The van der Waals surface area contributed by atoms with E-state index in [0.717, 1.165) is 59.9 Å². The van der Waals surface area contributed by atoms with Crippen LogP contribution in [0.5, 0.6) is 17.4 Å². The van der Waals surface area contributed by atoms with Gasteiger partial charge in [0, 0.05) is 73.7 Å². The van der Waals surface area contributed by atoms with Crippen LogP contribution >= 0.6 is 22.9 Å². The zero-order valence-electron chi connectivity index (χ0n) is 32.9. The van der Waals surface area contributed by atoms with Crippen molar-refractivity contribution in [1.82, 2.24) is 34.7 Å². The first kappa shape index (κ1) is 40.7. The van der Waals surface area contributed by atoms with Crippen LogP contribution in [0.2, 0.25) is 5.02 Å². The number of carbonyl (C=O) groups is 1. The zero-order chi connectivity index (χ0) is 41.6. The van der Waals surface area contributed by atoms with Crippen LogP contribution in [0.3, 0.4) is 0 Å². The Morgan fingerprint density at radius 3 is 2.52 bits per heavy atom. The number of carboxylic acid groups (broad SMARTS) is 1. The molecule has 0 spiro atoms. The molecule has 3 aromatic carbocycles. The van der Waals surface area contributed by atoms with Gasteiger partial charge in [0.15, 0.2) is 5.82 Å². The molecule has 1 aliphatic rings. The second-order valence-corrected chi connectivity index (χ2v) is 15.8. The molecule has 0 saturated carbocycles. The Morgan fingerprint density at radius 1 is 0.917 bits per heavy atom. The second-order valence-electron chi connectivity index (χ2n) is 14.4.